The summed E-state index contributed by atoms with van der Waals surface area (Å²) in [4.78, 5) is 53.3. The summed E-state index contributed by atoms with van der Waals surface area (Å²) >= 11 is 0. The van der Waals surface area contributed by atoms with E-state index in [9.17, 15) is 19.2 Å². The monoisotopic (exact) mass is 350 g/mol. The van der Waals surface area contributed by atoms with Gasteiger partial charge in [0.15, 0.2) is 0 Å². The Hall–Kier alpha value is -3.68. The molecule has 0 aliphatic carbocycles. The van der Waals surface area contributed by atoms with Crippen LogP contribution in [0.4, 0.5) is 11.4 Å². The van der Waals surface area contributed by atoms with Crippen molar-refractivity contribution in [2.75, 3.05) is 10.6 Å². The zero-order chi connectivity index (χ0) is 18.6. The van der Waals surface area contributed by atoms with Gasteiger partial charge < -0.3 is 20.6 Å². The average molecular weight is 350 g/mol. The maximum absolute atomic E-state index is 12.6. The molecule has 0 unspecified atom stereocenters. The molecule has 0 atom stereocenters. The van der Waals surface area contributed by atoms with Crippen LogP contribution in [0.5, 0.6) is 0 Å². The summed E-state index contributed by atoms with van der Waals surface area (Å²) in [7, 11) is 0. The highest BCUT2D eigenvalue weighted by atomic mass is 16.2. The van der Waals surface area contributed by atoms with Gasteiger partial charge in [-0.3, -0.25) is 19.2 Å². The molecule has 0 fully saturated rings. The van der Waals surface area contributed by atoms with Crippen molar-refractivity contribution >= 4 is 55.8 Å². The van der Waals surface area contributed by atoms with Gasteiger partial charge in [-0.2, -0.15) is 0 Å². The largest absolute Gasteiger partial charge is 0.326 e. The quantitative estimate of drug-likeness (QED) is 0.412. The van der Waals surface area contributed by atoms with E-state index in [0.717, 1.165) is 0 Å². The zero-order valence-electron chi connectivity index (χ0n) is 13.9. The Labute approximate surface area is 145 Å². The molecular weight excluding hydrogens is 336 g/mol. The van der Waals surface area contributed by atoms with Gasteiger partial charge in [-0.15, -0.1) is 0 Å². The van der Waals surface area contributed by atoms with E-state index in [-0.39, 0.29) is 22.9 Å². The fourth-order valence-electron chi connectivity index (χ4n) is 3.31. The molecule has 2 aromatic heterocycles. The van der Waals surface area contributed by atoms with Crippen molar-refractivity contribution < 1.29 is 9.59 Å². The van der Waals surface area contributed by atoms with E-state index >= 15 is 0 Å². The molecule has 2 aromatic carbocycles. The summed E-state index contributed by atoms with van der Waals surface area (Å²) in [5.41, 5.74) is 1.03. The normalized spacial score (nSPS) is 11.3. The number of carbonyl (C=O) groups excluding carboxylic acids is 2. The van der Waals surface area contributed by atoms with Gasteiger partial charge in [0.05, 0.1) is 21.8 Å². The summed E-state index contributed by atoms with van der Waals surface area (Å²) in [6, 6.07) is 6.37. The molecule has 0 bridgehead atoms. The number of carbonyl (C=O) groups is 2. The lowest BCUT2D eigenvalue weighted by atomic mass is 10.00. The number of hydrogen-bond acceptors (Lipinski definition) is 4. The first-order valence-corrected chi connectivity index (χ1v) is 7.88. The second-order valence-corrected chi connectivity index (χ2v) is 6.16. The van der Waals surface area contributed by atoms with Gasteiger partial charge >= 0.3 is 0 Å². The number of H-pyrrole nitrogens is 2. The average Bonchev–Trinajstić information content (AvgIpc) is 2.52. The molecule has 0 aliphatic heterocycles. The molecule has 0 aliphatic rings. The SMILES string of the molecule is CC(=O)Nc1cc2[nH]c(=O)c3cc(NC(C)=O)cc4[nH]c(=O)c(c1)c2c43. The Morgan fingerprint density at radius 3 is 1.46 bits per heavy atom. The summed E-state index contributed by atoms with van der Waals surface area (Å²) in [5.74, 6) is -0.562. The van der Waals surface area contributed by atoms with E-state index in [4.69, 9.17) is 0 Å². The van der Waals surface area contributed by atoms with Crippen LogP contribution < -0.4 is 21.8 Å². The number of pyridine rings is 2. The second-order valence-electron chi connectivity index (χ2n) is 6.16. The number of benzene rings is 2. The molecule has 26 heavy (non-hydrogen) atoms. The molecule has 4 rings (SSSR count). The molecule has 4 N–H and O–H groups in total. The zero-order valence-corrected chi connectivity index (χ0v) is 13.9. The Morgan fingerprint density at radius 2 is 1.12 bits per heavy atom. The van der Waals surface area contributed by atoms with E-state index in [1.807, 2.05) is 0 Å². The van der Waals surface area contributed by atoms with E-state index in [1.165, 1.54) is 13.8 Å². The Bertz CT molecular complexity index is 1230. The number of aromatic amines is 2. The predicted octanol–water partition coefficient (Wildman–Crippen LogP) is 1.88. The third kappa shape index (κ3) is 2.39. The molecule has 0 saturated heterocycles. The van der Waals surface area contributed by atoms with Gasteiger partial charge in [0, 0.05) is 36.0 Å². The van der Waals surface area contributed by atoms with Crippen LogP contribution in [0.3, 0.4) is 0 Å². The first-order chi connectivity index (χ1) is 12.3. The van der Waals surface area contributed by atoms with Crippen molar-refractivity contribution in [2.24, 2.45) is 0 Å². The molecule has 4 aromatic rings. The molecule has 8 heteroatoms. The number of nitrogens with one attached hydrogen (secondary N) is 4. The van der Waals surface area contributed by atoms with Gasteiger partial charge in [0.2, 0.25) is 11.8 Å². The van der Waals surface area contributed by atoms with Crippen molar-refractivity contribution in [2.45, 2.75) is 13.8 Å². The summed E-state index contributed by atoms with van der Waals surface area (Å²) in [6.45, 7) is 2.72. The van der Waals surface area contributed by atoms with Gasteiger partial charge in [0.25, 0.3) is 11.1 Å². The van der Waals surface area contributed by atoms with Crippen molar-refractivity contribution in [3.63, 3.8) is 0 Å². The van der Waals surface area contributed by atoms with Crippen LogP contribution in [0.1, 0.15) is 13.8 Å². The number of hydrogen-bond donors (Lipinski definition) is 4. The Balaban J connectivity index is 2.16. The molecule has 0 spiro atoms. The van der Waals surface area contributed by atoms with Gasteiger partial charge in [-0.1, -0.05) is 0 Å². The minimum Gasteiger partial charge on any atom is -0.326 e. The van der Waals surface area contributed by atoms with E-state index < -0.39 is 0 Å². The molecule has 2 amide bonds. The number of anilines is 2. The van der Waals surface area contributed by atoms with Crippen LogP contribution in [0.2, 0.25) is 0 Å². The highest BCUT2D eigenvalue weighted by molar-refractivity contribution is 6.22. The first kappa shape index (κ1) is 15.8. The minimum atomic E-state index is -0.358. The fourth-order valence-corrected chi connectivity index (χ4v) is 3.31. The number of rotatable bonds is 2. The van der Waals surface area contributed by atoms with Crippen LogP contribution in [0.15, 0.2) is 33.9 Å². The Morgan fingerprint density at radius 1 is 0.731 bits per heavy atom. The van der Waals surface area contributed by atoms with Crippen molar-refractivity contribution in [3.05, 3.63) is 45.0 Å². The van der Waals surface area contributed by atoms with Crippen LogP contribution in [-0.4, -0.2) is 21.8 Å². The van der Waals surface area contributed by atoms with Crippen LogP contribution in [-0.2, 0) is 9.59 Å². The summed E-state index contributed by atoms with van der Waals surface area (Å²) in [5, 5.41) is 7.15. The van der Waals surface area contributed by atoms with Gasteiger partial charge in [-0.05, 0) is 24.3 Å². The molecule has 8 nitrogen and oxygen atoms in total. The van der Waals surface area contributed by atoms with Crippen LogP contribution in [0, 0.1) is 0 Å². The third-order valence-electron chi connectivity index (χ3n) is 4.15. The topological polar surface area (TPSA) is 124 Å². The van der Waals surface area contributed by atoms with Crippen LogP contribution >= 0.6 is 0 Å². The lowest BCUT2D eigenvalue weighted by Gasteiger charge is -2.13. The molecule has 2 heterocycles. The maximum atomic E-state index is 12.6. The highest BCUT2D eigenvalue weighted by Crippen LogP contribution is 2.32. The smallest absolute Gasteiger partial charge is 0.256 e. The minimum absolute atomic E-state index is 0.281. The second kappa shape index (κ2) is 5.41. The summed E-state index contributed by atoms with van der Waals surface area (Å²) < 4.78 is 0. The molecule has 0 saturated carbocycles. The van der Waals surface area contributed by atoms with Crippen molar-refractivity contribution in [1.29, 1.82) is 0 Å². The standard InChI is InChI=1S/C18H14N4O4/c1-7(23)19-9-3-11-15-13(5-9)21-18(26)12-4-10(20-8(2)24)6-14(16(12)15)22-17(11)25/h3-6H,1-2H3,(H,19,23)(H,20,24)(H,21,26)(H,22,25). The molecule has 130 valence electrons. The van der Waals surface area contributed by atoms with Gasteiger partial charge in [-0.25, -0.2) is 0 Å². The fraction of sp³-hybridized carbons (Fsp3) is 0.111. The van der Waals surface area contributed by atoms with Crippen molar-refractivity contribution in [3.8, 4) is 0 Å². The Kier molecular flexibility index (Phi) is 3.30. The van der Waals surface area contributed by atoms with E-state index in [0.29, 0.717) is 44.0 Å². The molecular formula is C18H14N4O4. The summed E-state index contributed by atoms with van der Waals surface area (Å²) in [6.07, 6.45) is 0. The molecule has 0 radical (unpaired) electrons. The predicted molar refractivity (Wildman–Crippen MR) is 100.0 cm³/mol. The van der Waals surface area contributed by atoms with E-state index in [2.05, 4.69) is 20.6 Å². The lowest BCUT2D eigenvalue weighted by Crippen LogP contribution is -2.15. The maximum Gasteiger partial charge on any atom is 0.256 e. The van der Waals surface area contributed by atoms with Crippen LogP contribution in [0.25, 0.3) is 32.6 Å². The third-order valence-corrected chi connectivity index (χ3v) is 4.15. The first-order valence-electron chi connectivity index (χ1n) is 7.88. The van der Waals surface area contributed by atoms with E-state index in [1.54, 1.807) is 24.3 Å². The van der Waals surface area contributed by atoms with Gasteiger partial charge in [0.1, 0.15) is 0 Å². The van der Waals surface area contributed by atoms with Crippen molar-refractivity contribution in [1.82, 2.24) is 9.97 Å². The highest BCUT2D eigenvalue weighted by Gasteiger charge is 2.16. The number of aromatic nitrogens is 2. The lowest BCUT2D eigenvalue weighted by molar-refractivity contribution is -0.115. The number of amides is 2.